The maximum absolute atomic E-state index is 5.85. The van der Waals surface area contributed by atoms with Crippen LogP contribution in [0.5, 0.6) is 0 Å². The molecule has 20 heavy (non-hydrogen) atoms. The first-order chi connectivity index (χ1) is 9.67. The van der Waals surface area contributed by atoms with Crippen molar-refractivity contribution in [3.63, 3.8) is 0 Å². The van der Waals surface area contributed by atoms with Crippen LogP contribution in [0.15, 0.2) is 4.47 Å². The largest absolute Gasteiger partial charge is 0.271 e. The van der Waals surface area contributed by atoms with Gasteiger partial charge in [-0.2, -0.15) is 5.10 Å². The molecular weight excluding hydrogens is 316 g/mol. The lowest BCUT2D eigenvalue weighted by molar-refractivity contribution is 0.316. The average Bonchev–Trinajstić information content (AvgIpc) is 2.67. The quantitative estimate of drug-likeness (QED) is 0.491. The minimum absolute atomic E-state index is 0.351. The van der Waals surface area contributed by atoms with E-state index >= 15 is 0 Å². The van der Waals surface area contributed by atoms with Crippen LogP contribution >= 0.6 is 15.9 Å². The van der Waals surface area contributed by atoms with E-state index in [1.165, 1.54) is 44.2 Å². The molecule has 1 aliphatic carbocycles. The third kappa shape index (κ3) is 3.62. The summed E-state index contributed by atoms with van der Waals surface area (Å²) in [6.07, 6.45) is 9.94. The van der Waals surface area contributed by atoms with Crippen LogP contribution in [0, 0.1) is 5.92 Å². The smallest absolute Gasteiger partial charge is 0.0766 e. The van der Waals surface area contributed by atoms with E-state index in [0.717, 1.165) is 23.0 Å². The fraction of sp³-hybridized carbons (Fsp3) is 0.800. The molecule has 2 rings (SSSR count). The van der Waals surface area contributed by atoms with Gasteiger partial charge in [0.05, 0.1) is 15.9 Å². The predicted octanol–water partition coefficient (Wildman–Crippen LogP) is 3.09. The van der Waals surface area contributed by atoms with E-state index in [1.807, 2.05) is 11.7 Å². The van der Waals surface area contributed by atoms with Gasteiger partial charge in [0, 0.05) is 19.5 Å². The molecule has 1 unspecified atom stereocenters. The molecule has 4 nitrogen and oxygen atoms in total. The molecule has 1 saturated carbocycles. The highest BCUT2D eigenvalue weighted by molar-refractivity contribution is 9.10. The summed E-state index contributed by atoms with van der Waals surface area (Å²) in [5, 5.41) is 4.58. The second-order valence-corrected chi connectivity index (χ2v) is 6.71. The number of aryl methyl sites for hydroxylation is 2. The maximum atomic E-state index is 5.85. The maximum Gasteiger partial charge on any atom is 0.0766 e. The van der Waals surface area contributed by atoms with Gasteiger partial charge in [0.1, 0.15) is 0 Å². The zero-order valence-corrected chi connectivity index (χ0v) is 14.2. The molecular formula is C15H27BrN4. The fourth-order valence-corrected chi connectivity index (χ4v) is 4.10. The Labute approximate surface area is 130 Å². The number of nitrogens with two attached hydrogens (primary N) is 1. The highest BCUT2D eigenvalue weighted by Gasteiger charge is 2.25. The Bertz CT molecular complexity index is 422. The number of aromatic nitrogens is 2. The number of nitrogens with zero attached hydrogens (tertiary/aromatic N) is 2. The summed E-state index contributed by atoms with van der Waals surface area (Å²) in [7, 11) is 2.03. The number of rotatable bonds is 5. The predicted molar refractivity (Wildman–Crippen MR) is 86.3 cm³/mol. The van der Waals surface area contributed by atoms with Crippen LogP contribution in [0.25, 0.3) is 0 Å². The first kappa shape index (κ1) is 16.0. The zero-order chi connectivity index (χ0) is 14.5. The van der Waals surface area contributed by atoms with Crippen molar-refractivity contribution in [2.24, 2.45) is 18.8 Å². The topological polar surface area (TPSA) is 55.9 Å². The molecule has 1 fully saturated rings. The van der Waals surface area contributed by atoms with E-state index in [9.17, 15) is 0 Å². The molecule has 0 bridgehead atoms. The number of hydrazine groups is 1. The van der Waals surface area contributed by atoms with Crippen molar-refractivity contribution in [3.8, 4) is 0 Å². The van der Waals surface area contributed by atoms with Crippen molar-refractivity contribution < 1.29 is 0 Å². The van der Waals surface area contributed by atoms with Gasteiger partial charge < -0.3 is 0 Å². The minimum atomic E-state index is 0.351. The molecule has 0 aromatic carbocycles. The fourth-order valence-electron chi connectivity index (χ4n) is 3.32. The van der Waals surface area contributed by atoms with E-state index in [2.05, 4.69) is 33.4 Å². The third-order valence-corrected chi connectivity index (χ3v) is 5.51. The van der Waals surface area contributed by atoms with Crippen molar-refractivity contribution in [1.29, 1.82) is 0 Å². The van der Waals surface area contributed by atoms with Crippen LogP contribution in [-0.2, 0) is 19.9 Å². The van der Waals surface area contributed by atoms with E-state index < -0.39 is 0 Å². The van der Waals surface area contributed by atoms with Gasteiger partial charge in [-0.3, -0.25) is 16.0 Å². The molecule has 1 aliphatic rings. The van der Waals surface area contributed by atoms with E-state index in [-0.39, 0.29) is 0 Å². The Balaban J connectivity index is 2.11. The van der Waals surface area contributed by atoms with E-state index in [0.29, 0.717) is 12.0 Å². The van der Waals surface area contributed by atoms with Gasteiger partial charge in [0.15, 0.2) is 0 Å². The lowest BCUT2D eigenvalue weighted by Gasteiger charge is -2.25. The van der Waals surface area contributed by atoms with Crippen molar-refractivity contribution in [2.75, 3.05) is 0 Å². The Morgan fingerprint density at radius 2 is 2.00 bits per heavy atom. The minimum Gasteiger partial charge on any atom is -0.271 e. The van der Waals surface area contributed by atoms with Gasteiger partial charge >= 0.3 is 0 Å². The van der Waals surface area contributed by atoms with Crippen LogP contribution in [0.1, 0.15) is 56.8 Å². The van der Waals surface area contributed by atoms with Crippen molar-refractivity contribution in [3.05, 3.63) is 15.9 Å². The molecule has 114 valence electrons. The lowest BCUT2D eigenvalue weighted by Crippen LogP contribution is -2.42. The van der Waals surface area contributed by atoms with Gasteiger partial charge in [-0.25, -0.2) is 0 Å². The van der Waals surface area contributed by atoms with Crippen LogP contribution < -0.4 is 11.3 Å². The molecule has 1 heterocycles. The molecule has 0 aliphatic heterocycles. The lowest BCUT2D eigenvalue weighted by atomic mass is 9.89. The first-order valence-electron chi connectivity index (χ1n) is 7.83. The summed E-state index contributed by atoms with van der Waals surface area (Å²) in [6.45, 7) is 2.14. The molecule has 3 N–H and O–H groups in total. The number of nitrogens with one attached hydrogen (secondary N) is 1. The third-order valence-electron chi connectivity index (χ3n) is 4.60. The number of halogens is 1. The van der Waals surface area contributed by atoms with Crippen LogP contribution in [0.3, 0.4) is 0 Å². The van der Waals surface area contributed by atoms with Gasteiger partial charge in [-0.05, 0) is 41.1 Å². The molecule has 5 heteroatoms. The highest BCUT2D eigenvalue weighted by Crippen LogP contribution is 2.29. The normalized spacial score (nSPS) is 19.0. The van der Waals surface area contributed by atoms with E-state index in [4.69, 9.17) is 5.84 Å². The SMILES string of the molecule is CCc1nn(C)c(CC(NN)C2CCCCCC2)c1Br. The zero-order valence-electron chi connectivity index (χ0n) is 12.7. The van der Waals surface area contributed by atoms with Crippen molar-refractivity contribution >= 4 is 15.9 Å². The number of hydrogen-bond donors (Lipinski definition) is 2. The van der Waals surface area contributed by atoms with Gasteiger partial charge in [0.25, 0.3) is 0 Å². The number of hydrogen-bond acceptors (Lipinski definition) is 3. The molecule has 1 aromatic rings. The summed E-state index contributed by atoms with van der Waals surface area (Å²) in [6, 6.07) is 0.351. The van der Waals surface area contributed by atoms with Gasteiger partial charge in [0.2, 0.25) is 0 Å². The summed E-state index contributed by atoms with van der Waals surface area (Å²) in [5.41, 5.74) is 5.46. The second kappa shape index (κ2) is 7.57. The molecule has 0 amide bonds. The van der Waals surface area contributed by atoms with Crippen LogP contribution in [0.4, 0.5) is 0 Å². The highest BCUT2D eigenvalue weighted by atomic mass is 79.9. The molecule has 1 atom stereocenters. The summed E-state index contributed by atoms with van der Waals surface area (Å²) in [5.74, 6) is 6.54. The monoisotopic (exact) mass is 342 g/mol. The van der Waals surface area contributed by atoms with Gasteiger partial charge in [-0.1, -0.05) is 32.6 Å². The molecule has 0 radical (unpaired) electrons. The first-order valence-corrected chi connectivity index (χ1v) is 8.63. The molecule has 0 spiro atoms. The van der Waals surface area contributed by atoms with Gasteiger partial charge in [-0.15, -0.1) is 0 Å². The Morgan fingerprint density at radius 3 is 2.50 bits per heavy atom. The van der Waals surface area contributed by atoms with E-state index in [1.54, 1.807) is 0 Å². The van der Waals surface area contributed by atoms with Crippen molar-refractivity contribution in [1.82, 2.24) is 15.2 Å². The Kier molecular flexibility index (Phi) is 6.05. The summed E-state index contributed by atoms with van der Waals surface area (Å²) >= 11 is 3.71. The average molecular weight is 343 g/mol. The Morgan fingerprint density at radius 1 is 1.35 bits per heavy atom. The van der Waals surface area contributed by atoms with Crippen LogP contribution in [-0.4, -0.2) is 15.8 Å². The Hall–Kier alpha value is -0.390. The summed E-state index contributed by atoms with van der Waals surface area (Å²) in [4.78, 5) is 0. The summed E-state index contributed by atoms with van der Waals surface area (Å²) < 4.78 is 3.17. The molecule has 0 saturated heterocycles. The standard InChI is InChI=1S/C15H27BrN4/c1-3-12-15(16)14(20(2)19-12)10-13(18-17)11-8-6-4-5-7-9-11/h11,13,18H,3-10,17H2,1-2H3. The van der Waals surface area contributed by atoms with Crippen LogP contribution in [0.2, 0.25) is 0 Å². The second-order valence-electron chi connectivity index (χ2n) is 5.91. The van der Waals surface area contributed by atoms with Crippen molar-refractivity contribution in [2.45, 2.75) is 64.3 Å². The molecule has 1 aromatic heterocycles.